The van der Waals surface area contributed by atoms with E-state index in [0.29, 0.717) is 24.7 Å². The van der Waals surface area contributed by atoms with E-state index in [1.165, 1.54) is 0 Å². The van der Waals surface area contributed by atoms with Crippen molar-refractivity contribution < 1.29 is 9.94 Å². The van der Waals surface area contributed by atoms with Crippen LogP contribution in [0.4, 0.5) is 0 Å². The lowest BCUT2D eigenvalue weighted by molar-refractivity contribution is -0.117. The van der Waals surface area contributed by atoms with Crippen molar-refractivity contribution in [1.82, 2.24) is 5.06 Å². The number of aliphatic hydroxyl groups is 1. The fourth-order valence-electron chi connectivity index (χ4n) is 1.19. The summed E-state index contributed by atoms with van der Waals surface area (Å²) in [6.07, 6.45) is 3.39. The number of rotatable bonds is 7. The molecule has 0 saturated heterocycles. The smallest absolute Gasteiger partial charge is 0.111 e. The van der Waals surface area contributed by atoms with Gasteiger partial charge in [-0.1, -0.05) is 20.8 Å². The van der Waals surface area contributed by atoms with Gasteiger partial charge in [-0.05, 0) is 19.3 Å². The van der Waals surface area contributed by atoms with E-state index in [2.05, 4.69) is 20.8 Å². The van der Waals surface area contributed by atoms with Gasteiger partial charge in [0.1, 0.15) is 5.76 Å². The Morgan fingerprint density at radius 2 is 2.07 bits per heavy atom. The van der Waals surface area contributed by atoms with Gasteiger partial charge in [0.05, 0.1) is 12.8 Å². The number of aliphatic hydroxyl groups excluding tert-OH is 1. The van der Waals surface area contributed by atoms with Crippen LogP contribution in [0.2, 0.25) is 0 Å². The van der Waals surface area contributed by atoms with Gasteiger partial charge >= 0.3 is 0 Å². The maximum Gasteiger partial charge on any atom is 0.111 e. The molecule has 0 aliphatic carbocycles. The van der Waals surface area contributed by atoms with Crippen LogP contribution in [0.25, 0.3) is 0 Å². The van der Waals surface area contributed by atoms with Crippen LogP contribution in [0.3, 0.4) is 0 Å². The van der Waals surface area contributed by atoms with E-state index in [-0.39, 0.29) is 0 Å². The number of hydroxylamine groups is 2. The number of allylic oxidation sites excluding steroid dienone is 1. The molecule has 0 bridgehead atoms. The summed E-state index contributed by atoms with van der Waals surface area (Å²) in [4.78, 5) is 5.33. The molecule has 0 unspecified atom stereocenters. The predicted molar refractivity (Wildman–Crippen MR) is 58.8 cm³/mol. The Labute approximate surface area is 87.3 Å². The van der Waals surface area contributed by atoms with Crippen LogP contribution in [0.15, 0.2) is 12.0 Å². The molecule has 0 aliphatic rings. The highest BCUT2D eigenvalue weighted by Crippen LogP contribution is 2.09. The van der Waals surface area contributed by atoms with Crippen molar-refractivity contribution >= 4 is 0 Å². The van der Waals surface area contributed by atoms with E-state index in [9.17, 15) is 5.11 Å². The van der Waals surface area contributed by atoms with Gasteiger partial charge in [0.25, 0.3) is 0 Å². The van der Waals surface area contributed by atoms with E-state index in [0.717, 1.165) is 13.0 Å². The number of hydrogen-bond donors (Lipinski definition) is 1. The maximum absolute atomic E-state index is 9.58. The number of nitrogens with zero attached hydrogens (tertiary/aromatic N) is 1. The molecule has 14 heavy (non-hydrogen) atoms. The maximum atomic E-state index is 9.58. The highest BCUT2D eigenvalue weighted by atomic mass is 16.7. The average molecular weight is 201 g/mol. The average Bonchev–Trinajstić information content (AvgIpc) is 2.03. The van der Waals surface area contributed by atoms with Crippen molar-refractivity contribution in [1.29, 1.82) is 0 Å². The quantitative estimate of drug-likeness (QED) is 0.507. The lowest BCUT2D eigenvalue weighted by Crippen LogP contribution is -2.19. The molecule has 0 radical (unpaired) electrons. The second-order valence-electron chi connectivity index (χ2n) is 3.78. The van der Waals surface area contributed by atoms with Crippen molar-refractivity contribution in [3.05, 3.63) is 12.0 Å². The topological polar surface area (TPSA) is 32.7 Å². The van der Waals surface area contributed by atoms with Gasteiger partial charge in [0.15, 0.2) is 0 Å². The van der Waals surface area contributed by atoms with Crippen molar-refractivity contribution in [2.24, 2.45) is 5.92 Å². The third-order valence-electron chi connectivity index (χ3n) is 1.65. The van der Waals surface area contributed by atoms with Crippen LogP contribution < -0.4 is 0 Å². The Kier molecular flexibility index (Phi) is 7.30. The van der Waals surface area contributed by atoms with Gasteiger partial charge in [-0.2, -0.15) is 0 Å². The summed E-state index contributed by atoms with van der Waals surface area (Å²) in [5.74, 6) is 0.859. The minimum Gasteiger partial charge on any atom is -0.511 e. The second-order valence-corrected chi connectivity index (χ2v) is 3.78. The SMILES string of the molecule is CCCN(C=C(O)CC(C)C)OCC. The minimum atomic E-state index is 0.391. The fourth-order valence-corrected chi connectivity index (χ4v) is 1.19. The molecule has 0 aromatic rings. The van der Waals surface area contributed by atoms with Gasteiger partial charge in [-0.15, -0.1) is 0 Å². The molecule has 84 valence electrons. The summed E-state index contributed by atoms with van der Waals surface area (Å²) in [7, 11) is 0. The Balaban J connectivity index is 4.08. The van der Waals surface area contributed by atoms with Crippen molar-refractivity contribution in [2.45, 2.75) is 40.5 Å². The molecule has 3 heteroatoms. The lowest BCUT2D eigenvalue weighted by Gasteiger charge is -2.18. The van der Waals surface area contributed by atoms with Crippen LogP contribution in [-0.2, 0) is 4.84 Å². The fraction of sp³-hybridized carbons (Fsp3) is 0.818. The molecule has 0 spiro atoms. The van der Waals surface area contributed by atoms with Gasteiger partial charge in [0.2, 0.25) is 0 Å². The standard InChI is InChI=1S/C11H23NO2/c1-5-7-12(14-6-2)9-11(13)8-10(3)4/h9-10,13H,5-8H2,1-4H3. The first kappa shape index (κ1) is 13.3. The molecular formula is C11H23NO2. The molecule has 0 amide bonds. The Hall–Kier alpha value is -0.700. The largest absolute Gasteiger partial charge is 0.511 e. The van der Waals surface area contributed by atoms with Crippen molar-refractivity contribution in [2.75, 3.05) is 13.2 Å². The Morgan fingerprint density at radius 3 is 2.50 bits per heavy atom. The monoisotopic (exact) mass is 201 g/mol. The predicted octanol–water partition coefficient (Wildman–Crippen LogP) is 3.10. The van der Waals surface area contributed by atoms with E-state index in [1.54, 1.807) is 11.3 Å². The zero-order valence-electron chi connectivity index (χ0n) is 9.79. The molecule has 0 rings (SSSR count). The highest BCUT2D eigenvalue weighted by molar-refractivity contribution is 4.89. The van der Waals surface area contributed by atoms with E-state index in [4.69, 9.17) is 4.84 Å². The van der Waals surface area contributed by atoms with E-state index in [1.807, 2.05) is 6.92 Å². The summed E-state index contributed by atoms with van der Waals surface area (Å²) in [5, 5.41) is 11.3. The molecule has 0 aliphatic heterocycles. The van der Waals surface area contributed by atoms with Crippen LogP contribution in [0.5, 0.6) is 0 Å². The summed E-state index contributed by atoms with van der Waals surface area (Å²) in [5.41, 5.74) is 0. The molecular weight excluding hydrogens is 178 g/mol. The van der Waals surface area contributed by atoms with Crippen LogP contribution >= 0.6 is 0 Å². The Bertz CT molecular complexity index is 161. The number of hydrogen-bond acceptors (Lipinski definition) is 3. The summed E-state index contributed by atoms with van der Waals surface area (Å²) in [6, 6.07) is 0. The molecule has 0 saturated carbocycles. The highest BCUT2D eigenvalue weighted by Gasteiger charge is 2.02. The zero-order valence-corrected chi connectivity index (χ0v) is 9.79. The van der Waals surface area contributed by atoms with Gasteiger partial charge in [-0.25, -0.2) is 0 Å². The molecule has 0 heterocycles. The molecule has 0 fully saturated rings. The third kappa shape index (κ3) is 6.78. The van der Waals surface area contributed by atoms with Crippen molar-refractivity contribution in [3.8, 4) is 0 Å². The summed E-state index contributed by atoms with van der Waals surface area (Å²) in [6.45, 7) is 9.63. The second kappa shape index (κ2) is 7.68. The summed E-state index contributed by atoms with van der Waals surface area (Å²) >= 11 is 0. The van der Waals surface area contributed by atoms with Crippen LogP contribution in [-0.4, -0.2) is 23.3 Å². The van der Waals surface area contributed by atoms with Crippen molar-refractivity contribution in [3.63, 3.8) is 0 Å². The molecule has 1 N–H and O–H groups in total. The first-order valence-electron chi connectivity index (χ1n) is 5.39. The molecule has 3 nitrogen and oxygen atoms in total. The first-order valence-corrected chi connectivity index (χ1v) is 5.39. The van der Waals surface area contributed by atoms with Crippen LogP contribution in [0.1, 0.15) is 40.5 Å². The van der Waals surface area contributed by atoms with E-state index >= 15 is 0 Å². The zero-order chi connectivity index (χ0) is 11.0. The molecule has 0 atom stereocenters. The third-order valence-corrected chi connectivity index (χ3v) is 1.65. The van der Waals surface area contributed by atoms with Gasteiger partial charge in [-0.3, -0.25) is 9.90 Å². The molecule has 0 aromatic heterocycles. The van der Waals surface area contributed by atoms with Gasteiger partial charge < -0.3 is 5.11 Å². The minimum absolute atomic E-state index is 0.391. The van der Waals surface area contributed by atoms with E-state index < -0.39 is 0 Å². The van der Waals surface area contributed by atoms with Crippen LogP contribution in [0, 0.1) is 5.92 Å². The molecule has 0 aromatic carbocycles. The first-order chi connectivity index (χ1) is 6.60. The Morgan fingerprint density at radius 1 is 1.43 bits per heavy atom. The summed E-state index contributed by atoms with van der Waals surface area (Å²) < 4.78 is 0. The van der Waals surface area contributed by atoms with Gasteiger partial charge in [0, 0.05) is 13.0 Å². The lowest BCUT2D eigenvalue weighted by atomic mass is 10.1. The normalized spacial score (nSPS) is 12.2.